The maximum absolute atomic E-state index is 15.5. The Morgan fingerprint density at radius 3 is 2.48 bits per heavy atom. The number of ether oxygens (including phenoxy) is 1. The Morgan fingerprint density at radius 2 is 1.84 bits per heavy atom. The van der Waals surface area contributed by atoms with E-state index in [0.29, 0.717) is 50.7 Å². The zero-order valence-corrected chi connectivity index (χ0v) is 14.6. The zero-order valence-electron chi connectivity index (χ0n) is 14.6. The summed E-state index contributed by atoms with van der Waals surface area (Å²) in [6, 6.07) is 1.81. The number of fused-ring (bicyclic) bond motifs is 3. The Morgan fingerprint density at radius 1 is 1.08 bits per heavy atom. The molecule has 3 heterocycles. The summed E-state index contributed by atoms with van der Waals surface area (Å²) in [5, 5.41) is 5.41. The van der Waals surface area contributed by atoms with Gasteiger partial charge in [-0.05, 0) is 33.8 Å². The summed E-state index contributed by atoms with van der Waals surface area (Å²) in [5.74, 6) is 1.17. The van der Waals surface area contributed by atoms with Gasteiger partial charge in [0.15, 0.2) is 5.82 Å². The van der Waals surface area contributed by atoms with Crippen molar-refractivity contribution in [2.75, 3.05) is 7.11 Å². The summed E-state index contributed by atoms with van der Waals surface area (Å²) < 4.78 is 26.2. The monoisotopic (exact) mass is 340 g/mol. The molecule has 0 aliphatic heterocycles. The lowest BCUT2D eigenvalue weighted by Gasteiger charge is -2.10. The number of nitrogens with one attached hydrogen (secondary N) is 1. The van der Waals surface area contributed by atoms with Crippen molar-refractivity contribution in [3.63, 3.8) is 0 Å². The van der Waals surface area contributed by atoms with Crippen LogP contribution in [0.3, 0.4) is 0 Å². The Kier molecular flexibility index (Phi) is 3.28. The van der Waals surface area contributed by atoms with E-state index in [2.05, 4.69) is 20.1 Å². The van der Waals surface area contributed by atoms with Crippen LogP contribution in [0.1, 0.15) is 23.0 Å². The molecule has 0 radical (unpaired) electrons. The van der Waals surface area contributed by atoms with Crippen molar-refractivity contribution in [1.82, 2.24) is 20.1 Å². The van der Waals surface area contributed by atoms with Gasteiger partial charge in [0.05, 0.1) is 35.1 Å². The van der Waals surface area contributed by atoms with E-state index in [1.165, 1.54) is 7.11 Å². The first-order valence-electron chi connectivity index (χ1n) is 7.88. The predicted octanol–water partition coefficient (Wildman–Crippen LogP) is 4.15. The van der Waals surface area contributed by atoms with Gasteiger partial charge in [0.1, 0.15) is 23.0 Å². The number of aromatic nitrogens is 4. The molecule has 7 heteroatoms. The van der Waals surface area contributed by atoms with Gasteiger partial charge in [-0.3, -0.25) is 0 Å². The number of hydrogen-bond acceptors (Lipinski definition) is 5. The van der Waals surface area contributed by atoms with Crippen molar-refractivity contribution in [3.05, 3.63) is 34.9 Å². The van der Waals surface area contributed by atoms with Crippen molar-refractivity contribution in [2.45, 2.75) is 27.7 Å². The number of nitrogens with zero attached hydrogens (tertiary/aromatic N) is 3. The molecule has 3 aromatic heterocycles. The summed E-state index contributed by atoms with van der Waals surface area (Å²) in [7, 11) is 1.52. The highest BCUT2D eigenvalue weighted by Gasteiger charge is 2.25. The van der Waals surface area contributed by atoms with E-state index in [-0.39, 0.29) is 0 Å². The molecular weight excluding hydrogens is 323 g/mol. The first kappa shape index (κ1) is 15.6. The molecular formula is C18H17FN4O2. The third kappa shape index (κ3) is 2.12. The summed E-state index contributed by atoms with van der Waals surface area (Å²) in [6.45, 7) is 7.22. The number of hydrogen-bond donors (Lipinski definition) is 1. The molecule has 128 valence electrons. The molecule has 0 saturated heterocycles. The second-order valence-corrected chi connectivity index (χ2v) is 6.09. The van der Waals surface area contributed by atoms with Crippen LogP contribution in [0.4, 0.5) is 4.39 Å². The van der Waals surface area contributed by atoms with Crippen LogP contribution in [0.2, 0.25) is 0 Å². The first-order valence-corrected chi connectivity index (χ1v) is 7.88. The second-order valence-electron chi connectivity index (χ2n) is 6.09. The van der Waals surface area contributed by atoms with Crippen LogP contribution >= 0.6 is 0 Å². The van der Waals surface area contributed by atoms with Gasteiger partial charge in [-0.1, -0.05) is 5.16 Å². The molecule has 4 aromatic rings. The van der Waals surface area contributed by atoms with Crippen LogP contribution in [0.25, 0.3) is 33.1 Å². The number of halogens is 1. The Bertz CT molecular complexity index is 1120. The van der Waals surface area contributed by atoms with Gasteiger partial charge in [0.25, 0.3) is 0 Å². The maximum Gasteiger partial charge on any atom is 0.159 e. The molecule has 0 aliphatic carbocycles. The molecule has 0 bridgehead atoms. The molecule has 0 spiro atoms. The third-order valence-corrected chi connectivity index (χ3v) is 4.45. The molecule has 25 heavy (non-hydrogen) atoms. The minimum Gasteiger partial charge on any atom is -0.496 e. The number of methoxy groups -OCH3 is 1. The molecule has 0 amide bonds. The van der Waals surface area contributed by atoms with Crippen molar-refractivity contribution in [2.24, 2.45) is 0 Å². The van der Waals surface area contributed by atoms with E-state index >= 15 is 4.39 Å². The molecule has 0 unspecified atom stereocenters. The Balaban J connectivity index is 2.18. The van der Waals surface area contributed by atoms with E-state index in [1.54, 1.807) is 13.8 Å². The lowest BCUT2D eigenvalue weighted by molar-refractivity contribution is 0.393. The molecule has 0 aliphatic rings. The predicted molar refractivity (Wildman–Crippen MR) is 92.3 cm³/mol. The van der Waals surface area contributed by atoms with E-state index in [0.717, 1.165) is 11.1 Å². The minimum atomic E-state index is -0.418. The van der Waals surface area contributed by atoms with Crippen molar-refractivity contribution < 1.29 is 13.7 Å². The van der Waals surface area contributed by atoms with Gasteiger partial charge in [-0.2, -0.15) is 0 Å². The SMILES string of the molecule is COc1cc2c([nH]c3nc(C)nc(C)c32)c(F)c1-c1c(C)noc1C. The van der Waals surface area contributed by atoms with Gasteiger partial charge in [-0.25, -0.2) is 14.4 Å². The summed E-state index contributed by atoms with van der Waals surface area (Å²) in [5.41, 5.74) is 3.32. The third-order valence-electron chi connectivity index (χ3n) is 4.45. The number of H-pyrrole nitrogens is 1. The fourth-order valence-corrected chi connectivity index (χ4v) is 3.42. The number of aryl methyl sites for hydroxylation is 4. The molecule has 1 N–H and O–H groups in total. The molecule has 6 nitrogen and oxygen atoms in total. The lowest BCUT2D eigenvalue weighted by atomic mass is 9.99. The van der Waals surface area contributed by atoms with Crippen LogP contribution in [0, 0.1) is 33.5 Å². The lowest BCUT2D eigenvalue weighted by Crippen LogP contribution is -1.95. The van der Waals surface area contributed by atoms with E-state index < -0.39 is 5.82 Å². The van der Waals surface area contributed by atoms with Gasteiger partial charge in [0.2, 0.25) is 0 Å². The number of aromatic amines is 1. The highest BCUT2D eigenvalue weighted by Crippen LogP contribution is 2.42. The van der Waals surface area contributed by atoms with E-state index in [1.807, 2.05) is 19.9 Å². The fraction of sp³-hybridized carbons (Fsp3) is 0.278. The van der Waals surface area contributed by atoms with Gasteiger partial charge in [0, 0.05) is 10.8 Å². The fourth-order valence-electron chi connectivity index (χ4n) is 3.42. The summed E-state index contributed by atoms with van der Waals surface area (Å²) >= 11 is 0. The van der Waals surface area contributed by atoms with Crippen LogP contribution in [0.15, 0.2) is 10.6 Å². The van der Waals surface area contributed by atoms with Crippen molar-refractivity contribution in [3.8, 4) is 16.9 Å². The molecule has 4 rings (SSSR count). The first-order chi connectivity index (χ1) is 11.9. The normalized spacial score (nSPS) is 11.6. The molecule has 1 aromatic carbocycles. The minimum absolute atomic E-state index is 0.333. The summed E-state index contributed by atoms with van der Waals surface area (Å²) in [6.07, 6.45) is 0. The van der Waals surface area contributed by atoms with Gasteiger partial charge >= 0.3 is 0 Å². The smallest absolute Gasteiger partial charge is 0.159 e. The van der Waals surface area contributed by atoms with Gasteiger partial charge in [-0.15, -0.1) is 0 Å². The number of rotatable bonds is 2. The number of benzene rings is 1. The molecule has 0 atom stereocenters. The standard InChI is InChI=1S/C18H17FN4O2/c1-7-14-11-6-12(24-5)15(13-8(2)23-25-9(13)3)16(19)17(11)22-18(14)21-10(4)20-7/h6H,1-5H3,(H,20,21,22). The van der Waals surface area contributed by atoms with E-state index in [4.69, 9.17) is 9.26 Å². The average molecular weight is 340 g/mol. The second kappa shape index (κ2) is 5.27. The topological polar surface area (TPSA) is 76.8 Å². The van der Waals surface area contributed by atoms with Crippen molar-refractivity contribution >= 4 is 21.9 Å². The Labute approximate surface area is 143 Å². The largest absolute Gasteiger partial charge is 0.496 e. The van der Waals surface area contributed by atoms with Crippen LogP contribution in [-0.4, -0.2) is 27.2 Å². The Hall–Kier alpha value is -2.96. The van der Waals surface area contributed by atoms with Crippen molar-refractivity contribution in [1.29, 1.82) is 0 Å². The van der Waals surface area contributed by atoms with Crippen LogP contribution in [-0.2, 0) is 0 Å². The molecule has 0 fully saturated rings. The van der Waals surface area contributed by atoms with Gasteiger partial charge < -0.3 is 14.2 Å². The summed E-state index contributed by atoms with van der Waals surface area (Å²) in [4.78, 5) is 11.9. The highest BCUT2D eigenvalue weighted by molar-refractivity contribution is 6.09. The molecule has 0 saturated carbocycles. The van der Waals surface area contributed by atoms with Crippen LogP contribution < -0.4 is 4.74 Å². The van der Waals surface area contributed by atoms with E-state index in [9.17, 15) is 0 Å². The highest BCUT2D eigenvalue weighted by atomic mass is 19.1. The average Bonchev–Trinajstić information content (AvgIpc) is 3.08. The zero-order chi connectivity index (χ0) is 17.9. The van der Waals surface area contributed by atoms with Crippen LogP contribution in [0.5, 0.6) is 5.75 Å². The maximum atomic E-state index is 15.5. The quantitative estimate of drug-likeness (QED) is 0.593.